The Hall–Kier alpha value is -0.750. The van der Waals surface area contributed by atoms with Crippen molar-refractivity contribution in [3.8, 4) is 0 Å². The molecule has 0 aliphatic carbocycles. The molecule has 0 aromatic carbocycles. The van der Waals surface area contributed by atoms with Crippen LogP contribution in [-0.4, -0.2) is 49.8 Å². The molecule has 2 heterocycles. The van der Waals surface area contributed by atoms with Crippen LogP contribution in [-0.2, 0) is 4.74 Å². The maximum absolute atomic E-state index is 11.7. The van der Waals surface area contributed by atoms with Crippen molar-refractivity contribution in [1.82, 2.24) is 9.55 Å². The van der Waals surface area contributed by atoms with Gasteiger partial charge in [-0.25, -0.2) is 4.79 Å². The molecule has 0 amide bonds. The second-order valence-corrected chi connectivity index (χ2v) is 4.97. The molecule has 1 aromatic rings. The first-order valence-electron chi connectivity index (χ1n) is 5.09. The van der Waals surface area contributed by atoms with Crippen molar-refractivity contribution >= 4 is 22.6 Å². The van der Waals surface area contributed by atoms with E-state index in [-0.39, 0.29) is 3.70 Å². The second kappa shape index (κ2) is 5.09. The Labute approximate surface area is 114 Å². The number of hydrogen-bond donors (Lipinski definition) is 4. The van der Waals surface area contributed by atoms with E-state index in [1.54, 1.807) is 22.6 Å². The highest BCUT2D eigenvalue weighted by Gasteiger charge is 2.44. The Morgan fingerprint density at radius 2 is 2.06 bits per heavy atom. The number of aromatic amines is 1. The number of halogens is 1. The molecule has 2 unspecified atom stereocenters. The molecule has 8 nitrogen and oxygen atoms in total. The van der Waals surface area contributed by atoms with E-state index in [0.29, 0.717) is 0 Å². The van der Waals surface area contributed by atoms with Crippen molar-refractivity contribution in [2.75, 3.05) is 6.61 Å². The van der Waals surface area contributed by atoms with Crippen LogP contribution in [0.5, 0.6) is 0 Å². The number of ether oxygens (including phenoxy) is 1. The van der Waals surface area contributed by atoms with Crippen LogP contribution >= 0.6 is 22.6 Å². The van der Waals surface area contributed by atoms with Crippen LogP contribution in [0.25, 0.3) is 0 Å². The first-order valence-corrected chi connectivity index (χ1v) is 6.17. The third-order valence-corrected chi connectivity index (χ3v) is 3.53. The van der Waals surface area contributed by atoms with Crippen molar-refractivity contribution in [3.05, 3.63) is 30.6 Å². The fourth-order valence-corrected chi connectivity index (χ4v) is 2.58. The molecular formula is C9H11IN2O6. The number of aliphatic hydroxyl groups excluding tert-OH is 3. The lowest BCUT2D eigenvalue weighted by atomic mass is 10.1. The highest BCUT2D eigenvalue weighted by atomic mass is 127. The van der Waals surface area contributed by atoms with Gasteiger partial charge in [-0.05, 0) is 22.6 Å². The molecule has 1 saturated heterocycles. The SMILES string of the molecule is O=c1cc(I)n([C@H]2O[C@@H](CO)C(O)C2O)c(=O)[nH]1. The van der Waals surface area contributed by atoms with Crippen molar-refractivity contribution in [2.45, 2.75) is 24.5 Å². The molecular weight excluding hydrogens is 359 g/mol. The molecule has 18 heavy (non-hydrogen) atoms. The van der Waals surface area contributed by atoms with Gasteiger partial charge < -0.3 is 20.1 Å². The highest BCUT2D eigenvalue weighted by Crippen LogP contribution is 2.28. The minimum absolute atomic E-state index is 0.260. The zero-order chi connectivity index (χ0) is 13.4. The Morgan fingerprint density at radius 3 is 2.56 bits per heavy atom. The van der Waals surface area contributed by atoms with Gasteiger partial charge in [0.05, 0.1) is 10.3 Å². The van der Waals surface area contributed by atoms with Gasteiger partial charge in [0.2, 0.25) is 0 Å². The van der Waals surface area contributed by atoms with Crippen molar-refractivity contribution in [1.29, 1.82) is 0 Å². The van der Waals surface area contributed by atoms with Gasteiger partial charge in [0, 0.05) is 6.07 Å². The monoisotopic (exact) mass is 370 g/mol. The second-order valence-electron chi connectivity index (χ2n) is 3.86. The summed E-state index contributed by atoms with van der Waals surface area (Å²) in [6.45, 7) is -0.483. The van der Waals surface area contributed by atoms with E-state index < -0.39 is 42.4 Å². The predicted octanol–water partition coefficient (Wildman–Crippen LogP) is -2.25. The zero-order valence-corrected chi connectivity index (χ0v) is 11.1. The third-order valence-electron chi connectivity index (χ3n) is 2.70. The molecule has 0 spiro atoms. The van der Waals surface area contributed by atoms with Gasteiger partial charge >= 0.3 is 5.69 Å². The lowest BCUT2D eigenvalue weighted by molar-refractivity contribution is -0.0562. The summed E-state index contributed by atoms with van der Waals surface area (Å²) in [5, 5.41) is 28.3. The summed E-state index contributed by atoms with van der Waals surface area (Å²) in [7, 11) is 0. The van der Waals surface area contributed by atoms with E-state index in [0.717, 1.165) is 10.6 Å². The minimum Gasteiger partial charge on any atom is -0.394 e. The largest absolute Gasteiger partial charge is 0.394 e. The van der Waals surface area contributed by atoms with Crippen LogP contribution in [0.3, 0.4) is 0 Å². The quantitative estimate of drug-likeness (QED) is 0.345. The fraction of sp³-hybridized carbons (Fsp3) is 0.556. The first kappa shape index (κ1) is 13.7. The predicted molar refractivity (Wildman–Crippen MR) is 67.0 cm³/mol. The number of rotatable bonds is 2. The Bertz CT molecular complexity index is 555. The number of aromatic nitrogens is 2. The van der Waals surface area contributed by atoms with Crippen LogP contribution in [0, 0.1) is 3.70 Å². The van der Waals surface area contributed by atoms with Crippen LogP contribution in [0.4, 0.5) is 0 Å². The van der Waals surface area contributed by atoms with Crippen LogP contribution in [0.1, 0.15) is 6.23 Å². The Morgan fingerprint density at radius 1 is 1.39 bits per heavy atom. The summed E-state index contributed by atoms with van der Waals surface area (Å²) in [6.07, 6.45) is -4.78. The highest BCUT2D eigenvalue weighted by molar-refractivity contribution is 14.1. The standard InChI is InChI=1S/C9H11IN2O6/c10-4-1-5(14)11-9(17)12(4)8-7(16)6(15)3(2-13)18-8/h1,3,6-8,13,15-16H,2H2,(H,11,14,17)/t3-,6?,7?,8-/m0/s1. The maximum atomic E-state index is 11.7. The number of nitrogens with one attached hydrogen (secondary N) is 1. The normalized spacial score (nSPS) is 31.8. The number of aliphatic hydroxyl groups is 3. The van der Waals surface area contributed by atoms with Gasteiger partial charge in [0.25, 0.3) is 5.56 Å². The van der Waals surface area contributed by atoms with E-state index in [1.165, 1.54) is 0 Å². The Kier molecular flexibility index (Phi) is 3.87. The minimum atomic E-state index is -1.36. The van der Waals surface area contributed by atoms with E-state index in [1.807, 2.05) is 4.98 Å². The van der Waals surface area contributed by atoms with E-state index >= 15 is 0 Å². The Balaban J connectivity index is 2.45. The lowest BCUT2D eigenvalue weighted by Gasteiger charge is -2.18. The summed E-state index contributed by atoms with van der Waals surface area (Å²) < 4.78 is 6.49. The van der Waals surface area contributed by atoms with E-state index in [2.05, 4.69) is 0 Å². The molecule has 0 saturated carbocycles. The topological polar surface area (TPSA) is 125 Å². The van der Waals surface area contributed by atoms with Crippen molar-refractivity contribution < 1.29 is 20.1 Å². The summed E-state index contributed by atoms with van der Waals surface area (Å²) >= 11 is 1.75. The molecule has 0 bridgehead atoms. The zero-order valence-electron chi connectivity index (χ0n) is 8.99. The van der Waals surface area contributed by atoms with Crippen molar-refractivity contribution in [3.63, 3.8) is 0 Å². The molecule has 2 rings (SSSR count). The van der Waals surface area contributed by atoms with Crippen LogP contribution in [0.15, 0.2) is 15.7 Å². The van der Waals surface area contributed by atoms with Crippen LogP contribution in [0.2, 0.25) is 0 Å². The smallest absolute Gasteiger partial charge is 0.331 e. The fourth-order valence-electron chi connectivity index (χ4n) is 1.81. The molecule has 4 atom stereocenters. The molecule has 1 aromatic heterocycles. The molecule has 1 aliphatic rings. The van der Waals surface area contributed by atoms with E-state index in [9.17, 15) is 19.8 Å². The number of hydrogen-bond acceptors (Lipinski definition) is 6. The molecule has 9 heteroatoms. The van der Waals surface area contributed by atoms with Gasteiger partial charge in [-0.2, -0.15) is 0 Å². The third kappa shape index (κ3) is 2.23. The van der Waals surface area contributed by atoms with Gasteiger partial charge in [-0.1, -0.05) is 0 Å². The van der Waals surface area contributed by atoms with Crippen LogP contribution < -0.4 is 11.2 Å². The summed E-state index contributed by atoms with van der Waals surface area (Å²) in [4.78, 5) is 24.8. The van der Waals surface area contributed by atoms with E-state index in [4.69, 9.17) is 9.84 Å². The maximum Gasteiger partial charge on any atom is 0.331 e. The average molecular weight is 370 g/mol. The molecule has 4 N–H and O–H groups in total. The van der Waals surface area contributed by atoms with Gasteiger partial charge in [-0.15, -0.1) is 0 Å². The molecule has 0 radical (unpaired) electrons. The van der Waals surface area contributed by atoms with Gasteiger partial charge in [-0.3, -0.25) is 14.3 Å². The molecule has 100 valence electrons. The average Bonchev–Trinajstić information content (AvgIpc) is 2.56. The first-order chi connectivity index (χ1) is 8.45. The molecule has 1 fully saturated rings. The molecule has 1 aliphatic heterocycles. The summed E-state index contributed by atoms with van der Waals surface area (Å²) in [5.41, 5.74) is -1.31. The van der Waals surface area contributed by atoms with Gasteiger partial charge in [0.15, 0.2) is 6.23 Å². The summed E-state index contributed by atoms with van der Waals surface area (Å²) in [6, 6.07) is 1.16. The number of nitrogens with zero attached hydrogens (tertiary/aromatic N) is 1. The number of H-pyrrole nitrogens is 1. The lowest BCUT2D eigenvalue weighted by Crippen LogP contribution is -2.39. The summed E-state index contributed by atoms with van der Waals surface area (Å²) in [5.74, 6) is 0. The van der Waals surface area contributed by atoms with Gasteiger partial charge in [0.1, 0.15) is 18.3 Å². The van der Waals surface area contributed by atoms with Crippen molar-refractivity contribution in [2.24, 2.45) is 0 Å².